The summed E-state index contributed by atoms with van der Waals surface area (Å²) < 4.78 is 12.7. The fourth-order valence-corrected chi connectivity index (χ4v) is 5.52. The van der Waals surface area contributed by atoms with Crippen LogP contribution in [0, 0.1) is 5.41 Å². The minimum atomic E-state index is -0.0107. The minimum absolute atomic E-state index is 0.0107. The first kappa shape index (κ1) is 21.6. The average Bonchev–Trinajstić information content (AvgIpc) is 3.22. The third-order valence-corrected chi connectivity index (χ3v) is 7.21. The van der Waals surface area contributed by atoms with Crippen molar-refractivity contribution < 1.29 is 14.3 Å². The number of hydrogen-bond donors (Lipinski definition) is 1. The summed E-state index contributed by atoms with van der Waals surface area (Å²) in [6.45, 7) is 9.73. The standard InChI is InChI=1S/C24H34N2O3S/c1-18(2)29-21-14-19(15-22-20(21)6-13-30-22)23(27)25-16-24(7-11-28-12-8-24)17-26-9-4-3-5-10-26/h6,13-15,18H,3-5,7-12,16-17H2,1-2H3,(H,25,27). The number of hydrogen-bond acceptors (Lipinski definition) is 5. The van der Waals surface area contributed by atoms with Crippen LogP contribution >= 0.6 is 11.3 Å². The van der Waals surface area contributed by atoms with Gasteiger partial charge in [0.2, 0.25) is 0 Å². The van der Waals surface area contributed by atoms with Crippen molar-refractivity contribution in [1.29, 1.82) is 0 Å². The van der Waals surface area contributed by atoms with Crippen LogP contribution in [0.15, 0.2) is 23.6 Å². The topological polar surface area (TPSA) is 50.8 Å². The van der Waals surface area contributed by atoms with Gasteiger partial charge in [0.05, 0.1) is 6.10 Å². The molecule has 1 amide bonds. The molecule has 0 radical (unpaired) electrons. The van der Waals surface area contributed by atoms with E-state index in [-0.39, 0.29) is 17.4 Å². The molecule has 30 heavy (non-hydrogen) atoms. The van der Waals surface area contributed by atoms with Crippen LogP contribution in [-0.2, 0) is 4.74 Å². The lowest BCUT2D eigenvalue weighted by atomic mass is 9.79. The van der Waals surface area contributed by atoms with E-state index in [1.165, 1.54) is 32.4 Å². The summed E-state index contributed by atoms with van der Waals surface area (Å²) >= 11 is 1.65. The van der Waals surface area contributed by atoms with Crippen LogP contribution in [0.3, 0.4) is 0 Å². The monoisotopic (exact) mass is 430 g/mol. The Morgan fingerprint density at radius 1 is 1.23 bits per heavy atom. The highest BCUT2D eigenvalue weighted by Crippen LogP contribution is 2.34. The van der Waals surface area contributed by atoms with Crippen molar-refractivity contribution >= 4 is 27.3 Å². The van der Waals surface area contributed by atoms with Gasteiger partial charge in [-0.3, -0.25) is 4.79 Å². The molecule has 1 N–H and O–H groups in total. The number of nitrogens with zero attached hydrogens (tertiary/aromatic N) is 1. The van der Waals surface area contributed by atoms with E-state index in [1.807, 2.05) is 26.0 Å². The molecule has 0 bridgehead atoms. The summed E-state index contributed by atoms with van der Waals surface area (Å²) in [4.78, 5) is 15.7. The van der Waals surface area contributed by atoms with Crippen molar-refractivity contribution in [2.45, 2.75) is 52.1 Å². The summed E-state index contributed by atoms with van der Waals surface area (Å²) in [5.74, 6) is 0.784. The number of benzene rings is 1. The molecule has 3 heterocycles. The molecule has 164 valence electrons. The summed E-state index contributed by atoms with van der Waals surface area (Å²) in [5, 5.41) is 6.40. The van der Waals surface area contributed by atoms with Gasteiger partial charge in [-0.2, -0.15) is 0 Å². The maximum Gasteiger partial charge on any atom is 0.251 e. The predicted octanol–water partition coefficient (Wildman–Crippen LogP) is 4.70. The zero-order valence-corrected chi connectivity index (χ0v) is 19.1. The molecule has 2 saturated heterocycles. The molecule has 6 heteroatoms. The number of thiophene rings is 1. The Bertz CT molecular complexity index is 851. The first-order chi connectivity index (χ1) is 14.5. The van der Waals surface area contributed by atoms with E-state index in [4.69, 9.17) is 9.47 Å². The predicted molar refractivity (Wildman–Crippen MR) is 123 cm³/mol. The van der Waals surface area contributed by atoms with Gasteiger partial charge < -0.3 is 19.7 Å². The molecule has 2 aromatic rings. The lowest BCUT2D eigenvalue weighted by Gasteiger charge is -2.42. The Labute approximate surface area is 183 Å². The summed E-state index contributed by atoms with van der Waals surface area (Å²) in [7, 11) is 0. The van der Waals surface area contributed by atoms with Crippen molar-refractivity contribution in [3.63, 3.8) is 0 Å². The van der Waals surface area contributed by atoms with Gasteiger partial charge >= 0.3 is 0 Å². The Morgan fingerprint density at radius 3 is 2.73 bits per heavy atom. The maximum atomic E-state index is 13.1. The second kappa shape index (κ2) is 9.67. The van der Waals surface area contributed by atoms with E-state index in [0.29, 0.717) is 12.1 Å². The van der Waals surface area contributed by atoms with Gasteiger partial charge in [0.1, 0.15) is 5.75 Å². The van der Waals surface area contributed by atoms with Crippen LogP contribution in [0.1, 0.15) is 56.3 Å². The van der Waals surface area contributed by atoms with E-state index in [2.05, 4.69) is 21.7 Å². The van der Waals surface area contributed by atoms with Crippen molar-refractivity contribution in [2.24, 2.45) is 5.41 Å². The highest BCUT2D eigenvalue weighted by Gasteiger charge is 2.35. The number of carbonyl (C=O) groups excluding carboxylic acids is 1. The lowest BCUT2D eigenvalue weighted by Crippen LogP contribution is -2.49. The van der Waals surface area contributed by atoms with Crippen LogP contribution in [0.2, 0.25) is 0 Å². The summed E-state index contributed by atoms with van der Waals surface area (Å²) in [5.41, 5.74) is 0.788. The van der Waals surface area contributed by atoms with Crippen molar-refractivity contribution in [1.82, 2.24) is 10.2 Å². The van der Waals surface area contributed by atoms with Gasteiger partial charge in [0.15, 0.2) is 0 Å². The smallest absolute Gasteiger partial charge is 0.251 e. The number of amides is 1. The van der Waals surface area contributed by atoms with E-state index in [0.717, 1.165) is 48.4 Å². The molecule has 2 fully saturated rings. The van der Waals surface area contributed by atoms with Crippen molar-refractivity contribution in [3.8, 4) is 5.75 Å². The Kier molecular flexibility index (Phi) is 6.96. The number of likely N-dealkylation sites (tertiary alicyclic amines) is 1. The first-order valence-electron chi connectivity index (χ1n) is 11.3. The molecule has 5 nitrogen and oxygen atoms in total. The van der Waals surface area contributed by atoms with Gasteiger partial charge in [0.25, 0.3) is 5.91 Å². The number of ether oxygens (including phenoxy) is 2. The molecule has 2 aliphatic heterocycles. The van der Waals surface area contributed by atoms with Crippen molar-refractivity contribution in [2.75, 3.05) is 39.4 Å². The van der Waals surface area contributed by atoms with Crippen LogP contribution in [0.5, 0.6) is 5.75 Å². The number of piperidine rings is 1. The van der Waals surface area contributed by atoms with Gasteiger partial charge in [0, 0.05) is 47.4 Å². The highest BCUT2D eigenvalue weighted by molar-refractivity contribution is 7.17. The van der Waals surface area contributed by atoms with E-state index in [1.54, 1.807) is 11.3 Å². The highest BCUT2D eigenvalue weighted by atomic mass is 32.1. The lowest BCUT2D eigenvalue weighted by molar-refractivity contribution is -0.00671. The zero-order chi connectivity index (χ0) is 21.0. The Balaban J connectivity index is 1.47. The molecule has 0 unspecified atom stereocenters. The van der Waals surface area contributed by atoms with Crippen LogP contribution in [-0.4, -0.2) is 56.3 Å². The van der Waals surface area contributed by atoms with E-state index < -0.39 is 0 Å². The van der Waals surface area contributed by atoms with Gasteiger partial charge in [-0.25, -0.2) is 0 Å². The molecule has 2 aliphatic rings. The van der Waals surface area contributed by atoms with E-state index >= 15 is 0 Å². The minimum Gasteiger partial charge on any atom is -0.490 e. The normalized spacial score (nSPS) is 19.8. The molecule has 4 rings (SSSR count). The molecule has 1 aromatic heterocycles. The molecule has 0 aliphatic carbocycles. The van der Waals surface area contributed by atoms with Gasteiger partial charge in [-0.15, -0.1) is 11.3 Å². The van der Waals surface area contributed by atoms with Crippen LogP contribution in [0.4, 0.5) is 0 Å². The maximum absolute atomic E-state index is 13.1. The summed E-state index contributed by atoms with van der Waals surface area (Å²) in [6, 6.07) is 5.95. The SMILES string of the molecule is CC(C)Oc1cc(C(=O)NCC2(CN3CCCCC3)CCOCC2)cc2sccc12. The molecule has 0 spiro atoms. The third kappa shape index (κ3) is 5.16. The van der Waals surface area contributed by atoms with Crippen molar-refractivity contribution in [3.05, 3.63) is 29.1 Å². The summed E-state index contributed by atoms with van der Waals surface area (Å²) in [6.07, 6.45) is 6.01. The number of fused-ring (bicyclic) bond motifs is 1. The molecular formula is C24H34N2O3S. The molecule has 1 aromatic carbocycles. The van der Waals surface area contributed by atoms with E-state index in [9.17, 15) is 4.79 Å². The number of carbonyl (C=O) groups is 1. The van der Waals surface area contributed by atoms with Gasteiger partial charge in [-0.1, -0.05) is 6.42 Å². The fraction of sp³-hybridized carbons (Fsp3) is 0.625. The molecule has 0 atom stereocenters. The Hall–Kier alpha value is -1.63. The van der Waals surface area contributed by atoms with Gasteiger partial charge in [-0.05, 0) is 76.2 Å². The molecular weight excluding hydrogens is 396 g/mol. The zero-order valence-electron chi connectivity index (χ0n) is 18.2. The Morgan fingerprint density at radius 2 is 2.00 bits per heavy atom. The second-order valence-electron chi connectivity index (χ2n) is 9.11. The number of rotatable bonds is 7. The largest absolute Gasteiger partial charge is 0.490 e. The average molecular weight is 431 g/mol. The second-order valence-corrected chi connectivity index (χ2v) is 10.1. The third-order valence-electron chi connectivity index (χ3n) is 6.34. The first-order valence-corrected chi connectivity index (χ1v) is 12.2. The van der Waals surface area contributed by atoms with Crippen LogP contribution in [0.25, 0.3) is 10.1 Å². The number of nitrogens with one attached hydrogen (secondary N) is 1. The quantitative estimate of drug-likeness (QED) is 0.692. The molecule has 0 saturated carbocycles. The van der Waals surface area contributed by atoms with Crippen LogP contribution < -0.4 is 10.1 Å². The fourth-order valence-electron chi connectivity index (χ4n) is 4.68.